The highest BCUT2D eigenvalue weighted by Gasteiger charge is 2.39. The van der Waals surface area contributed by atoms with Crippen molar-refractivity contribution >= 4 is 17.5 Å². The van der Waals surface area contributed by atoms with E-state index in [1.54, 1.807) is 0 Å². The fourth-order valence-electron chi connectivity index (χ4n) is 3.79. The van der Waals surface area contributed by atoms with Gasteiger partial charge in [-0.2, -0.15) is 0 Å². The molecule has 2 aromatic carbocycles. The van der Waals surface area contributed by atoms with Crippen LogP contribution in [0.4, 0.5) is 5.69 Å². The second-order valence-electron chi connectivity index (χ2n) is 7.41. The molecule has 4 heteroatoms. The molecule has 0 spiro atoms. The molecule has 134 valence electrons. The van der Waals surface area contributed by atoms with Gasteiger partial charge in [0.2, 0.25) is 11.8 Å². The number of amides is 2. The van der Waals surface area contributed by atoms with E-state index in [4.69, 9.17) is 0 Å². The highest BCUT2D eigenvalue weighted by molar-refractivity contribution is 5.93. The molecule has 26 heavy (non-hydrogen) atoms. The summed E-state index contributed by atoms with van der Waals surface area (Å²) in [6.07, 6.45) is 2.76. The lowest BCUT2D eigenvalue weighted by Gasteiger charge is -2.37. The highest BCUT2D eigenvalue weighted by Crippen LogP contribution is 2.36. The van der Waals surface area contributed by atoms with Crippen molar-refractivity contribution in [2.75, 3.05) is 18.4 Å². The number of hydrogen-bond donors (Lipinski definition) is 1. The van der Waals surface area contributed by atoms with Gasteiger partial charge in [0.05, 0.1) is 5.92 Å². The number of likely N-dealkylation sites (tertiary alicyclic amines) is 1. The Morgan fingerprint density at radius 2 is 1.50 bits per heavy atom. The summed E-state index contributed by atoms with van der Waals surface area (Å²) in [6.45, 7) is 1.24. The Morgan fingerprint density at radius 1 is 0.846 bits per heavy atom. The fourth-order valence-corrected chi connectivity index (χ4v) is 3.79. The monoisotopic (exact) mass is 348 g/mol. The molecule has 2 aliphatic rings. The second kappa shape index (κ2) is 7.32. The smallest absolute Gasteiger partial charge is 0.229 e. The molecule has 4 nitrogen and oxygen atoms in total. The van der Waals surface area contributed by atoms with Crippen LogP contribution in [-0.4, -0.2) is 29.8 Å². The van der Waals surface area contributed by atoms with Crippen LogP contribution < -0.4 is 5.32 Å². The zero-order valence-corrected chi connectivity index (χ0v) is 14.8. The van der Waals surface area contributed by atoms with Crippen molar-refractivity contribution in [3.05, 3.63) is 66.2 Å². The molecule has 0 radical (unpaired) electrons. The van der Waals surface area contributed by atoms with Crippen molar-refractivity contribution < 1.29 is 9.59 Å². The van der Waals surface area contributed by atoms with Crippen molar-refractivity contribution in [3.8, 4) is 0 Å². The fraction of sp³-hybridized carbons (Fsp3) is 0.364. The topological polar surface area (TPSA) is 49.4 Å². The summed E-state index contributed by atoms with van der Waals surface area (Å²) in [4.78, 5) is 27.4. The van der Waals surface area contributed by atoms with Crippen molar-refractivity contribution in [3.63, 3.8) is 0 Å². The summed E-state index contributed by atoms with van der Waals surface area (Å²) in [5, 5.41) is 3.01. The van der Waals surface area contributed by atoms with Gasteiger partial charge in [0.25, 0.3) is 0 Å². The number of carbonyl (C=O) groups excluding carboxylic acids is 2. The Hall–Kier alpha value is -2.62. The van der Waals surface area contributed by atoms with E-state index in [-0.39, 0.29) is 29.6 Å². The highest BCUT2D eigenvalue weighted by atomic mass is 16.2. The maximum atomic E-state index is 12.8. The number of hydrogen-bond acceptors (Lipinski definition) is 2. The molecule has 1 N–H and O–H groups in total. The molecule has 1 aliphatic heterocycles. The van der Waals surface area contributed by atoms with Crippen LogP contribution in [-0.2, 0) is 9.59 Å². The van der Waals surface area contributed by atoms with Gasteiger partial charge in [-0.25, -0.2) is 0 Å². The summed E-state index contributed by atoms with van der Waals surface area (Å²) in [7, 11) is 0. The zero-order chi connectivity index (χ0) is 17.9. The Balaban J connectivity index is 1.52. The van der Waals surface area contributed by atoms with Gasteiger partial charge < -0.3 is 10.2 Å². The largest absolute Gasteiger partial charge is 0.341 e. The molecule has 1 saturated carbocycles. The third-order valence-corrected chi connectivity index (χ3v) is 5.37. The van der Waals surface area contributed by atoms with Gasteiger partial charge in [0, 0.05) is 30.6 Å². The minimum absolute atomic E-state index is 0.00503. The zero-order valence-electron chi connectivity index (χ0n) is 14.8. The van der Waals surface area contributed by atoms with E-state index < -0.39 is 0 Å². The van der Waals surface area contributed by atoms with Crippen LogP contribution in [0.2, 0.25) is 0 Å². The van der Waals surface area contributed by atoms with Crippen LogP contribution in [0, 0.1) is 11.8 Å². The van der Waals surface area contributed by atoms with Crippen molar-refractivity contribution in [1.82, 2.24) is 4.90 Å². The molecule has 0 bridgehead atoms. The molecule has 1 heterocycles. The van der Waals surface area contributed by atoms with Crippen LogP contribution in [0.15, 0.2) is 60.7 Å². The first kappa shape index (κ1) is 16.8. The molecule has 2 unspecified atom stereocenters. The van der Waals surface area contributed by atoms with Crippen molar-refractivity contribution in [2.45, 2.75) is 25.2 Å². The Kier molecular flexibility index (Phi) is 4.74. The normalized spacial score (nSPS) is 22.7. The van der Waals surface area contributed by atoms with E-state index >= 15 is 0 Å². The number of nitrogens with zero attached hydrogens (tertiary/aromatic N) is 1. The van der Waals surface area contributed by atoms with Crippen LogP contribution >= 0.6 is 0 Å². The number of nitrogens with one attached hydrogen (secondary N) is 1. The molecular weight excluding hydrogens is 324 g/mol. The molecule has 1 aliphatic carbocycles. The Morgan fingerprint density at radius 3 is 2.15 bits per heavy atom. The van der Waals surface area contributed by atoms with E-state index in [1.807, 2.05) is 53.4 Å². The Labute approximate surface area is 154 Å². The minimum Gasteiger partial charge on any atom is -0.341 e. The predicted molar refractivity (Wildman–Crippen MR) is 102 cm³/mol. The molecule has 2 atom stereocenters. The van der Waals surface area contributed by atoms with Gasteiger partial charge in [0.1, 0.15) is 0 Å². The summed E-state index contributed by atoms with van der Waals surface area (Å²) >= 11 is 0. The van der Waals surface area contributed by atoms with Crippen LogP contribution in [0.5, 0.6) is 0 Å². The van der Waals surface area contributed by atoms with Gasteiger partial charge in [-0.1, -0.05) is 48.5 Å². The number of piperidine rings is 1. The van der Waals surface area contributed by atoms with E-state index in [2.05, 4.69) is 17.4 Å². The summed E-state index contributed by atoms with van der Waals surface area (Å²) in [5.74, 6) is 0.437. The Bertz CT molecular complexity index is 771. The summed E-state index contributed by atoms with van der Waals surface area (Å²) in [5.41, 5.74) is 2.01. The van der Waals surface area contributed by atoms with E-state index in [9.17, 15) is 9.59 Å². The number of benzene rings is 2. The van der Waals surface area contributed by atoms with E-state index in [0.29, 0.717) is 13.1 Å². The lowest BCUT2D eigenvalue weighted by molar-refractivity contribution is -0.136. The molecule has 2 aromatic rings. The molecule has 0 aromatic heterocycles. The third kappa shape index (κ3) is 3.79. The first-order valence-corrected chi connectivity index (χ1v) is 9.40. The SMILES string of the molecule is O=C(Nc1ccccc1)C1CC(c2ccccc2)CN(C(=O)C2CC2)C1. The third-order valence-electron chi connectivity index (χ3n) is 5.37. The molecule has 2 fully saturated rings. The van der Waals surface area contributed by atoms with E-state index in [1.165, 1.54) is 5.56 Å². The van der Waals surface area contributed by atoms with Crippen molar-refractivity contribution in [2.24, 2.45) is 11.8 Å². The summed E-state index contributed by atoms with van der Waals surface area (Å²) < 4.78 is 0. The van der Waals surface area contributed by atoms with Crippen LogP contribution in [0.3, 0.4) is 0 Å². The van der Waals surface area contributed by atoms with Gasteiger partial charge in [-0.05, 0) is 37.0 Å². The lowest BCUT2D eigenvalue weighted by Crippen LogP contribution is -2.47. The molecule has 4 rings (SSSR count). The van der Waals surface area contributed by atoms with Crippen molar-refractivity contribution in [1.29, 1.82) is 0 Å². The number of para-hydroxylation sites is 1. The quantitative estimate of drug-likeness (QED) is 0.916. The average molecular weight is 348 g/mol. The first-order valence-electron chi connectivity index (χ1n) is 9.40. The predicted octanol–water partition coefficient (Wildman–Crippen LogP) is 3.67. The molecule has 1 saturated heterocycles. The van der Waals surface area contributed by atoms with Gasteiger partial charge >= 0.3 is 0 Å². The average Bonchev–Trinajstić information content (AvgIpc) is 3.54. The van der Waals surface area contributed by atoms with E-state index in [0.717, 1.165) is 24.9 Å². The lowest BCUT2D eigenvalue weighted by atomic mass is 9.84. The maximum absolute atomic E-state index is 12.8. The van der Waals surface area contributed by atoms with Gasteiger partial charge in [-0.3, -0.25) is 9.59 Å². The molecule has 2 amide bonds. The minimum atomic E-state index is -0.183. The standard InChI is InChI=1S/C22H24N2O2/c25-21(23-20-9-5-2-6-10-20)19-13-18(16-7-3-1-4-8-16)14-24(15-19)22(26)17-11-12-17/h1-10,17-19H,11-15H2,(H,23,25). The number of rotatable bonds is 4. The maximum Gasteiger partial charge on any atom is 0.229 e. The number of carbonyl (C=O) groups is 2. The van der Waals surface area contributed by atoms with Gasteiger partial charge in [0.15, 0.2) is 0 Å². The van der Waals surface area contributed by atoms with Crippen LogP contribution in [0.1, 0.15) is 30.7 Å². The van der Waals surface area contributed by atoms with Crippen LogP contribution in [0.25, 0.3) is 0 Å². The second-order valence-corrected chi connectivity index (χ2v) is 7.41. The summed E-state index contributed by atoms with van der Waals surface area (Å²) in [6, 6.07) is 19.8. The number of anilines is 1. The molecular formula is C22H24N2O2. The van der Waals surface area contributed by atoms with Gasteiger partial charge in [-0.15, -0.1) is 0 Å². The first-order chi connectivity index (χ1) is 12.7.